The van der Waals surface area contributed by atoms with E-state index in [-0.39, 0.29) is 18.0 Å². The Bertz CT molecular complexity index is 632. The molecular formula is C14H20N4OS. The average Bonchev–Trinajstić information content (AvgIpc) is 2.98. The smallest absolute Gasteiger partial charge is 0.270 e. The summed E-state index contributed by atoms with van der Waals surface area (Å²) in [5, 5.41) is 5.01. The molecule has 0 aliphatic heterocycles. The molecule has 0 radical (unpaired) electrons. The zero-order valence-electron chi connectivity index (χ0n) is 11.5. The molecule has 1 aliphatic rings. The van der Waals surface area contributed by atoms with E-state index in [1.165, 1.54) is 4.68 Å². The number of thiophene rings is 1. The highest BCUT2D eigenvalue weighted by Gasteiger charge is 2.29. The van der Waals surface area contributed by atoms with Gasteiger partial charge in [0.2, 0.25) is 0 Å². The normalized spacial score (nSPS) is 26.8. The van der Waals surface area contributed by atoms with Crippen LogP contribution < -0.4 is 16.9 Å². The molecule has 2 heterocycles. The average molecular weight is 292 g/mol. The SMILES string of the molecule is CC1CCCC(NC(=O)c2cc3sccc3n2N)C1N. The highest BCUT2D eigenvalue weighted by Crippen LogP contribution is 2.25. The molecule has 108 valence electrons. The van der Waals surface area contributed by atoms with Crippen LogP contribution >= 0.6 is 11.3 Å². The Hall–Kier alpha value is -1.53. The largest absolute Gasteiger partial charge is 0.346 e. The molecule has 1 fully saturated rings. The molecular weight excluding hydrogens is 272 g/mol. The van der Waals surface area contributed by atoms with Gasteiger partial charge in [-0.2, -0.15) is 0 Å². The van der Waals surface area contributed by atoms with Gasteiger partial charge in [0.1, 0.15) is 5.69 Å². The summed E-state index contributed by atoms with van der Waals surface area (Å²) in [6, 6.07) is 3.83. The predicted molar refractivity (Wildman–Crippen MR) is 82.2 cm³/mol. The molecule has 1 saturated carbocycles. The van der Waals surface area contributed by atoms with Crippen LogP contribution in [0.15, 0.2) is 17.5 Å². The number of rotatable bonds is 2. The standard InChI is InChI=1S/C14H20N4OS/c1-8-3-2-4-9(13(8)15)17-14(19)11-7-12-10(18(11)16)5-6-20-12/h5-9,13H,2-4,15-16H2,1H3,(H,17,19). The van der Waals surface area contributed by atoms with E-state index in [2.05, 4.69) is 12.2 Å². The quantitative estimate of drug-likeness (QED) is 0.736. The lowest BCUT2D eigenvalue weighted by Gasteiger charge is -2.34. The monoisotopic (exact) mass is 292 g/mol. The number of nitrogens with zero attached hydrogens (tertiary/aromatic N) is 1. The maximum Gasteiger partial charge on any atom is 0.270 e. The molecule has 6 heteroatoms. The van der Waals surface area contributed by atoms with E-state index in [1.54, 1.807) is 11.3 Å². The lowest BCUT2D eigenvalue weighted by molar-refractivity contribution is 0.0904. The van der Waals surface area contributed by atoms with Crippen molar-refractivity contribution in [2.75, 3.05) is 5.84 Å². The number of aromatic nitrogens is 1. The van der Waals surface area contributed by atoms with Gasteiger partial charge >= 0.3 is 0 Å². The van der Waals surface area contributed by atoms with Crippen LogP contribution in [0.2, 0.25) is 0 Å². The van der Waals surface area contributed by atoms with Crippen LogP contribution in [0.4, 0.5) is 0 Å². The Balaban J connectivity index is 1.78. The molecule has 3 unspecified atom stereocenters. The van der Waals surface area contributed by atoms with E-state index in [4.69, 9.17) is 11.6 Å². The van der Waals surface area contributed by atoms with E-state index in [9.17, 15) is 4.79 Å². The lowest BCUT2D eigenvalue weighted by atomic mass is 9.82. The first-order valence-electron chi connectivity index (χ1n) is 6.98. The molecule has 0 bridgehead atoms. The van der Waals surface area contributed by atoms with Crippen molar-refractivity contribution >= 4 is 27.5 Å². The van der Waals surface area contributed by atoms with Crippen molar-refractivity contribution in [1.29, 1.82) is 0 Å². The number of nitrogen functional groups attached to an aromatic ring is 1. The third-order valence-electron chi connectivity index (χ3n) is 4.31. The first-order valence-corrected chi connectivity index (χ1v) is 7.86. The van der Waals surface area contributed by atoms with Crippen LogP contribution in [0.3, 0.4) is 0 Å². The van der Waals surface area contributed by atoms with Gasteiger partial charge in [-0.1, -0.05) is 13.3 Å². The maximum atomic E-state index is 12.4. The van der Waals surface area contributed by atoms with E-state index in [1.807, 2.05) is 17.5 Å². The number of carbonyl (C=O) groups excluding carboxylic acids is 1. The molecule has 5 nitrogen and oxygen atoms in total. The van der Waals surface area contributed by atoms with Crippen LogP contribution in [-0.4, -0.2) is 22.7 Å². The zero-order valence-corrected chi connectivity index (χ0v) is 12.3. The van der Waals surface area contributed by atoms with E-state index in [0.717, 1.165) is 29.5 Å². The molecule has 5 N–H and O–H groups in total. The van der Waals surface area contributed by atoms with Crippen molar-refractivity contribution in [3.8, 4) is 0 Å². The van der Waals surface area contributed by atoms with Gasteiger partial charge in [-0.3, -0.25) is 9.47 Å². The molecule has 2 aromatic rings. The van der Waals surface area contributed by atoms with Crippen molar-refractivity contribution in [2.24, 2.45) is 11.7 Å². The zero-order chi connectivity index (χ0) is 14.3. The Morgan fingerprint density at radius 1 is 1.50 bits per heavy atom. The summed E-state index contributed by atoms with van der Waals surface area (Å²) in [4.78, 5) is 12.4. The fourth-order valence-corrected chi connectivity index (χ4v) is 3.78. The van der Waals surface area contributed by atoms with Gasteiger partial charge in [0.05, 0.1) is 10.2 Å². The van der Waals surface area contributed by atoms with Crippen LogP contribution in [0, 0.1) is 5.92 Å². The minimum Gasteiger partial charge on any atom is -0.346 e. The van der Waals surface area contributed by atoms with Crippen molar-refractivity contribution < 1.29 is 4.79 Å². The third kappa shape index (κ3) is 2.19. The molecule has 3 rings (SSSR count). The lowest BCUT2D eigenvalue weighted by Crippen LogP contribution is -2.53. The molecule has 1 amide bonds. The summed E-state index contributed by atoms with van der Waals surface area (Å²) in [5.41, 5.74) is 7.58. The van der Waals surface area contributed by atoms with Crippen LogP contribution in [0.1, 0.15) is 36.7 Å². The van der Waals surface area contributed by atoms with Crippen molar-refractivity contribution in [1.82, 2.24) is 9.99 Å². The molecule has 0 spiro atoms. The summed E-state index contributed by atoms with van der Waals surface area (Å²) in [6.45, 7) is 2.14. The summed E-state index contributed by atoms with van der Waals surface area (Å²) in [6.07, 6.45) is 3.19. The highest BCUT2D eigenvalue weighted by molar-refractivity contribution is 7.17. The number of amides is 1. The Labute approximate surface area is 121 Å². The van der Waals surface area contributed by atoms with Crippen molar-refractivity contribution in [3.05, 3.63) is 23.2 Å². The number of hydrogen-bond acceptors (Lipinski definition) is 4. The van der Waals surface area contributed by atoms with Gasteiger partial charge in [-0.25, -0.2) is 0 Å². The third-order valence-corrected chi connectivity index (χ3v) is 5.16. The van der Waals surface area contributed by atoms with Crippen LogP contribution in [0.25, 0.3) is 10.2 Å². The topological polar surface area (TPSA) is 86.1 Å². The van der Waals surface area contributed by atoms with Crippen molar-refractivity contribution in [2.45, 2.75) is 38.3 Å². The van der Waals surface area contributed by atoms with Gasteiger partial charge in [0.25, 0.3) is 5.91 Å². The molecule has 2 aromatic heterocycles. The van der Waals surface area contributed by atoms with Crippen LogP contribution in [-0.2, 0) is 0 Å². The van der Waals surface area contributed by atoms with Crippen molar-refractivity contribution in [3.63, 3.8) is 0 Å². The second kappa shape index (κ2) is 5.10. The molecule has 1 aliphatic carbocycles. The minimum atomic E-state index is -0.134. The van der Waals surface area contributed by atoms with Gasteiger partial charge < -0.3 is 16.9 Å². The fraction of sp³-hybridized carbons (Fsp3) is 0.500. The predicted octanol–water partition coefficient (Wildman–Crippen LogP) is 1.66. The molecule has 0 aromatic carbocycles. The fourth-order valence-electron chi connectivity index (χ4n) is 2.97. The number of hydrogen-bond donors (Lipinski definition) is 3. The second-order valence-corrected chi connectivity index (χ2v) is 6.58. The summed E-state index contributed by atoms with van der Waals surface area (Å²) in [5.74, 6) is 6.30. The first-order chi connectivity index (χ1) is 9.58. The summed E-state index contributed by atoms with van der Waals surface area (Å²) < 4.78 is 2.48. The van der Waals surface area contributed by atoms with Gasteiger partial charge in [-0.15, -0.1) is 11.3 Å². The molecule has 3 atom stereocenters. The van der Waals surface area contributed by atoms with Gasteiger partial charge in [0.15, 0.2) is 0 Å². The van der Waals surface area contributed by atoms with Crippen LogP contribution in [0.5, 0.6) is 0 Å². The highest BCUT2D eigenvalue weighted by atomic mass is 32.1. The second-order valence-electron chi connectivity index (χ2n) is 5.64. The van der Waals surface area contributed by atoms with Gasteiger partial charge in [0, 0.05) is 12.1 Å². The molecule has 0 saturated heterocycles. The first kappa shape index (κ1) is 13.5. The van der Waals surface area contributed by atoms with E-state index >= 15 is 0 Å². The van der Waals surface area contributed by atoms with Gasteiger partial charge in [-0.05, 0) is 36.3 Å². The molecule has 20 heavy (non-hydrogen) atoms. The number of nitrogens with one attached hydrogen (secondary N) is 1. The Kier molecular flexibility index (Phi) is 3.43. The van der Waals surface area contributed by atoms with E-state index < -0.39 is 0 Å². The number of fused-ring (bicyclic) bond motifs is 1. The minimum absolute atomic E-state index is 0.0232. The number of carbonyl (C=O) groups is 1. The Morgan fingerprint density at radius 2 is 2.30 bits per heavy atom. The van der Waals surface area contributed by atoms with E-state index in [0.29, 0.717) is 11.6 Å². The summed E-state index contributed by atoms with van der Waals surface area (Å²) >= 11 is 1.58. The number of nitrogens with two attached hydrogens (primary N) is 2. The maximum absolute atomic E-state index is 12.4. The summed E-state index contributed by atoms with van der Waals surface area (Å²) in [7, 11) is 0. The Morgan fingerprint density at radius 3 is 3.05 bits per heavy atom.